The number of piperazine rings is 2. The Morgan fingerprint density at radius 3 is 2.05 bits per heavy atom. The van der Waals surface area contributed by atoms with E-state index in [1.54, 1.807) is 29.0 Å². The lowest BCUT2D eigenvalue weighted by Gasteiger charge is -2.39. The van der Waals surface area contributed by atoms with E-state index in [4.69, 9.17) is 11.6 Å². The number of β-amino-alcohol motifs (C(OH)–C–C–N with tert-alkyl or cyclic N) is 1. The number of carbonyl (C=O) groups is 5. The molecule has 5 atom stereocenters. The number of halogens is 4. The average Bonchev–Trinajstić information content (AvgIpc) is 1.50. The number of nitrogens with one attached hydrogen (secondary N) is 4. The molecule has 3 saturated heterocycles. The SMILES string of the molecule is Cc1ncsc1-c1ccc([C@H](C)NC(=O)[C@@H]2C[C@@H](O)CN2C(=O)[C@@H](NC(=O)CCCCCCCCC(=O)N2CCN(CC[C@H](CSc3ccccc3)Nc3ccc(S(=O)(=O)NC(=O)c4ccc(N5CCN(CC6=C(c7ccc(Cl)cc7)CCC(C)(C)C6)CC5)cc4)cc3S(=O)(=O)C(F)(F)F)CC2)C(C)(C)C)cc1. The number of anilines is 2. The number of hydrogen-bond acceptors (Lipinski definition) is 17. The molecule has 584 valence electrons. The lowest BCUT2D eigenvalue weighted by atomic mass is 9.73. The van der Waals surface area contributed by atoms with Crippen LogP contribution in [-0.2, 0) is 39.0 Å². The van der Waals surface area contributed by atoms with Gasteiger partial charge in [0.15, 0.2) is 0 Å². The fourth-order valence-corrected chi connectivity index (χ4v) is 18.5. The number of carbonyl (C=O) groups excluding carboxylic acids is 5. The summed E-state index contributed by atoms with van der Waals surface area (Å²) in [5.41, 5.74) is 2.65. The number of alkyl halides is 3. The summed E-state index contributed by atoms with van der Waals surface area (Å²) in [5, 5.41) is 20.5. The Morgan fingerprint density at radius 2 is 1.41 bits per heavy atom. The van der Waals surface area contributed by atoms with Gasteiger partial charge in [0.05, 0.1) is 38.8 Å². The third kappa shape index (κ3) is 22.2. The van der Waals surface area contributed by atoms with Crippen LogP contribution in [-0.4, -0.2) is 184 Å². The number of amides is 5. The Labute approximate surface area is 647 Å². The van der Waals surface area contributed by atoms with E-state index in [0.717, 1.165) is 109 Å². The number of sulfone groups is 1. The van der Waals surface area contributed by atoms with E-state index in [9.17, 15) is 59.1 Å². The molecule has 4 heterocycles. The number of aryl methyl sites for hydroxylation is 1. The van der Waals surface area contributed by atoms with Gasteiger partial charge in [-0.15, -0.1) is 23.1 Å². The number of likely N-dealkylation sites (tertiary alicyclic amines) is 1. The monoisotopic (exact) mass is 1580 g/mol. The molecule has 0 bridgehead atoms. The molecule has 0 radical (unpaired) electrons. The summed E-state index contributed by atoms with van der Waals surface area (Å²) >= 11 is 9.19. The minimum absolute atomic E-state index is 0.0259. The van der Waals surface area contributed by atoms with Crippen molar-refractivity contribution in [2.75, 3.05) is 88.0 Å². The number of allylic oxidation sites excluding steroid dienone is 1. The molecule has 108 heavy (non-hydrogen) atoms. The molecular weight excluding hydrogens is 1480 g/mol. The predicted molar refractivity (Wildman–Crippen MR) is 421 cm³/mol. The van der Waals surface area contributed by atoms with E-state index in [2.05, 4.69) is 61.6 Å². The molecule has 5 aromatic carbocycles. The van der Waals surface area contributed by atoms with Crippen molar-refractivity contribution in [3.05, 3.63) is 160 Å². The fraction of sp³-hybridized carbons (Fsp3) is 0.500. The molecule has 10 rings (SSSR count). The van der Waals surface area contributed by atoms with E-state index >= 15 is 0 Å². The van der Waals surface area contributed by atoms with Crippen molar-refractivity contribution in [2.45, 2.75) is 182 Å². The van der Waals surface area contributed by atoms with E-state index < -0.39 is 82.3 Å². The van der Waals surface area contributed by atoms with Crippen LogP contribution in [0.3, 0.4) is 0 Å². The van der Waals surface area contributed by atoms with Crippen LogP contribution in [0.2, 0.25) is 5.02 Å². The van der Waals surface area contributed by atoms with Crippen LogP contribution in [0.15, 0.2) is 147 Å². The highest BCUT2D eigenvalue weighted by atomic mass is 35.5. The number of aromatic nitrogens is 1. The molecular formula is C80H102ClF3N10O10S4. The number of aliphatic hydroxyl groups is 1. The molecule has 20 nitrogen and oxygen atoms in total. The second-order valence-electron chi connectivity index (χ2n) is 30.8. The minimum atomic E-state index is -6.17. The third-order valence-corrected chi connectivity index (χ3v) is 26.2. The number of hydrogen-bond donors (Lipinski definition) is 5. The maximum Gasteiger partial charge on any atom is 0.501 e. The summed E-state index contributed by atoms with van der Waals surface area (Å²) < 4.78 is 100. The molecule has 0 spiro atoms. The number of rotatable bonds is 31. The van der Waals surface area contributed by atoms with Crippen LogP contribution >= 0.6 is 34.7 Å². The van der Waals surface area contributed by atoms with E-state index in [1.165, 1.54) is 45.5 Å². The topological polar surface area (TPSA) is 251 Å². The number of thioether (sulfide) groups is 1. The molecule has 5 N–H and O–H groups in total. The Bertz CT molecular complexity index is 4360. The lowest BCUT2D eigenvalue weighted by molar-refractivity contribution is -0.144. The lowest BCUT2D eigenvalue weighted by Crippen LogP contribution is -2.57. The Hall–Kier alpha value is -7.37. The largest absolute Gasteiger partial charge is 0.501 e. The molecule has 1 aliphatic carbocycles. The minimum Gasteiger partial charge on any atom is -0.391 e. The Balaban J connectivity index is 0.660. The molecule has 1 aromatic heterocycles. The van der Waals surface area contributed by atoms with Crippen LogP contribution in [0.1, 0.15) is 158 Å². The zero-order chi connectivity index (χ0) is 77.7. The number of unbranched alkanes of at least 4 members (excludes halogenated alkanes) is 5. The first-order chi connectivity index (χ1) is 51.2. The Morgan fingerprint density at radius 1 is 0.769 bits per heavy atom. The standard InChI is InChI=1S/C80H102ClF3N10O10S4/c1-54(56-21-23-58(24-22-56)73-55(2)85-53-106-73)86-76(99)69-47-64(95)51-94(69)77(100)74(78(3,4)5)88-71(96)19-15-10-8-9-11-16-20-72(97)93-45-39-90(40-46-93)38-36-62(52-105-65-17-13-12-14-18-65)87-68-34-33-66(48-70(68)107(101,102)80(82,83)84)108(103,104)89-75(98)59-27-31-63(32-28-59)92-43-41-91(42-44-92)50-60-49-79(6,7)37-35-67(60)57-25-29-61(81)30-26-57/h12-14,17-18,21-34,48,53-54,62,64,69,74,87,95H,8-11,15-16,19-20,35-47,49-52H2,1-7H3,(H,86,99)(H,88,96)(H,89,98)/t54-,62+,64+,69-,74+/m0/s1. The van der Waals surface area contributed by atoms with Crippen molar-refractivity contribution in [1.82, 2.24) is 39.9 Å². The normalized spacial score (nSPS) is 18.5. The first-order valence-corrected chi connectivity index (χ1v) is 42.5. The molecule has 0 saturated carbocycles. The summed E-state index contributed by atoms with van der Waals surface area (Å²) in [7, 11) is -11.1. The van der Waals surface area contributed by atoms with Gasteiger partial charge in [-0.1, -0.05) is 132 Å². The Kier molecular flexibility index (Phi) is 28.2. The first kappa shape index (κ1) is 83.1. The first-order valence-electron chi connectivity index (χ1n) is 37.3. The van der Waals surface area contributed by atoms with Crippen molar-refractivity contribution in [3.63, 3.8) is 0 Å². The van der Waals surface area contributed by atoms with Crippen LogP contribution in [0.25, 0.3) is 16.0 Å². The molecule has 0 unspecified atom stereocenters. The van der Waals surface area contributed by atoms with Crippen molar-refractivity contribution >= 4 is 101 Å². The van der Waals surface area contributed by atoms with Crippen LogP contribution in [0.5, 0.6) is 0 Å². The molecule has 6 aromatic rings. The van der Waals surface area contributed by atoms with E-state index in [0.29, 0.717) is 82.6 Å². The quantitative estimate of drug-likeness (QED) is 0.0200. The fourth-order valence-electron chi connectivity index (χ4n) is 14.6. The van der Waals surface area contributed by atoms with Crippen molar-refractivity contribution in [2.24, 2.45) is 10.8 Å². The highest BCUT2D eigenvalue weighted by molar-refractivity contribution is 7.99. The average molecular weight is 1580 g/mol. The van der Waals surface area contributed by atoms with Gasteiger partial charge in [0.2, 0.25) is 23.6 Å². The zero-order valence-corrected chi connectivity index (χ0v) is 66.7. The number of sulfonamides is 1. The summed E-state index contributed by atoms with van der Waals surface area (Å²) in [5.74, 6) is -1.85. The summed E-state index contributed by atoms with van der Waals surface area (Å²) in [6, 6.07) is 31.1. The van der Waals surface area contributed by atoms with Gasteiger partial charge in [0.1, 0.15) is 17.0 Å². The van der Waals surface area contributed by atoms with Crippen LogP contribution in [0.4, 0.5) is 24.5 Å². The second-order valence-corrected chi connectivity index (χ2v) is 36.7. The molecule has 5 amide bonds. The zero-order valence-electron chi connectivity index (χ0n) is 62.6. The smallest absolute Gasteiger partial charge is 0.391 e. The van der Waals surface area contributed by atoms with Crippen molar-refractivity contribution < 1.29 is 59.1 Å². The summed E-state index contributed by atoms with van der Waals surface area (Å²) in [6.45, 7) is 20.2. The predicted octanol–water partition coefficient (Wildman–Crippen LogP) is 13.6. The summed E-state index contributed by atoms with van der Waals surface area (Å²) in [4.78, 5) is 82.6. The summed E-state index contributed by atoms with van der Waals surface area (Å²) in [6.07, 6.45) is 7.69. The number of nitrogens with zero attached hydrogens (tertiary/aromatic N) is 6. The number of thiazole rings is 1. The third-order valence-electron chi connectivity index (χ3n) is 20.9. The van der Waals surface area contributed by atoms with Gasteiger partial charge < -0.3 is 35.8 Å². The molecule has 3 fully saturated rings. The van der Waals surface area contributed by atoms with Crippen LogP contribution in [0, 0.1) is 17.8 Å². The maximum absolute atomic E-state index is 14.6. The maximum atomic E-state index is 14.6. The van der Waals surface area contributed by atoms with E-state index in [1.807, 2.05) is 111 Å². The van der Waals surface area contributed by atoms with Gasteiger partial charge in [-0.25, -0.2) is 26.5 Å². The van der Waals surface area contributed by atoms with Gasteiger partial charge >= 0.3 is 5.51 Å². The molecule has 28 heteroatoms. The second kappa shape index (κ2) is 36.6. The number of aliphatic hydroxyl groups excluding tert-OH is 1. The van der Waals surface area contributed by atoms with Gasteiger partial charge in [-0.05, 0) is 152 Å². The van der Waals surface area contributed by atoms with Crippen molar-refractivity contribution in [1.29, 1.82) is 0 Å². The number of benzene rings is 5. The highest BCUT2D eigenvalue weighted by Gasteiger charge is 2.49. The highest BCUT2D eigenvalue weighted by Crippen LogP contribution is 2.44. The van der Waals surface area contributed by atoms with Gasteiger partial charge in [0, 0.05) is 124 Å². The molecule has 4 aliphatic rings. The van der Waals surface area contributed by atoms with Gasteiger partial charge in [0.25, 0.3) is 25.8 Å². The van der Waals surface area contributed by atoms with Gasteiger partial charge in [-0.2, -0.15) is 13.2 Å². The molecule has 3 aliphatic heterocycles. The van der Waals surface area contributed by atoms with Gasteiger partial charge in [-0.3, -0.25) is 33.8 Å². The van der Waals surface area contributed by atoms with E-state index in [-0.39, 0.29) is 59.9 Å². The van der Waals surface area contributed by atoms with Crippen LogP contribution < -0.4 is 25.6 Å². The van der Waals surface area contributed by atoms with Crippen molar-refractivity contribution in [3.8, 4) is 10.4 Å².